The van der Waals surface area contributed by atoms with Gasteiger partial charge in [0.05, 0.1) is 5.56 Å². The quantitative estimate of drug-likeness (QED) is 0.749. The van der Waals surface area contributed by atoms with E-state index in [2.05, 4.69) is 26.1 Å². The molecule has 2 aromatic rings. The number of hydrogen-bond donors (Lipinski definition) is 1. The number of ether oxygens (including phenoxy) is 1. The fourth-order valence-electron chi connectivity index (χ4n) is 3.88. The van der Waals surface area contributed by atoms with Crippen molar-refractivity contribution in [1.29, 1.82) is 0 Å². The Bertz CT molecular complexity index is 740. The van der Waals surface area contributed by atoms with Crippen LogP contribution in [0.5, 0.6) is 5.75 Å². The van der Waals surface area contributed by atoms with Crippen LogP contribution in [-0.2, 0) is 6.61 Å². The third kappa shape index (κ3) is 5.35. The van der Waals surface area contributed by atoms with Gasteiger partial charge in [-0.25, -0.2) is 0 Å². The molecule has 1 saturated carbocycles. The van der Waals surface area contributed by atoms with E-state index in [-0.39, 0.29) is 11.9 Å². The number of nitrogens with one attached hydrogen (secondary N) is 1. The number of benzene rings is 2. The topological polar surface area (TPSA) is 38.3 Å². The monoisotopic (exact) mass is 365 g/mol. The standard InChI is InChI=1S/C24H31NO2/c1-24(2,3)19-13-15-20(16-14-19)25-23(26)21-11-7-8-12-22(21)27-17-18-9-5-4-6-10-18/h4-12,19-20H,13-17H2,1-3H3,(H,25,26). The van der Waals surface area contributed by atoms with E-state index in [0.717, 1.165) is 24.3 Å². The molecule has 3 nitrogen and oxygen atoms in total. The van der Waals surface area contributed by atoms with Crippen molar-refractivity contribution >= 4 is 5.91 Å². The van der Waals surface area contributed by atoms with E-state index in [9.17, 15) is 4.79 Å². The molecular weight excluding hydrogens is 334 g/mol. The zero-order valence-corrected chi connectivity index (χ0v) is 16.7. The molecule has 1 amide bonds. The third-order valence-corrected chi connectivity index (χ3v) is 5.66. The van der Waals surface area contributed by atoms with Crippen LogP contribution in [-0.4, -0.2) is 11.9 Å². The fourth-order valence-corrected chi connectivity index (χ4v) is 3.88. The summed E-state index contributed by atoms with van der Waals surface area (Å²) in [6, 6.07) is 17.8. The van der Waals surface area contributed by atoms with Crippen LogP contribution in [0.15, 0.2) is 54.6 Å². The molecule has 0 aliphatic heterocycles. The Kier molecular flexibility index (Phi) is 6.20. The van der Waals surface area contributed by atoms with E-state index in [0.29, 0.717) is 23.3 Å². The summed E-state index contributed by atoms with van der Waals surface area (Å²) in [6.45, 7) is 7.41. The first kappa shape index (κ1) is 19.5. The first-order valence-electron chi connectivity index (χ1n) is 10.00. The fraction of sp³-hybridized carbons (Fsp3) is 0.458. The lowest BCUT2D eigenvalue weighted by atomic mass is 9.71. The van der Waals surface area contributed by atoms with Crippen molar-refractivity contribution in [1.82, 2.24) is 5.32 Å². The van der Waals surface area contributed by atoms with Crippen LogP contribution in [0, 0.1) is 11.3 Å². The normalized spacial score (nSPS) is 20.1. The van der Waals surface area contributed by atoms with Gasteiger partial charge in [0.1, 0.15) is 12.4 Å². The summed E-state index contributed by atoms with van der Waals surface area (Å²) in [5.41, 5.74) is 2.06. The van der Waals surface area contributed by atoms with Gasteiger partial charge in [-0.05, 0) is 54.7 Å². The van der Waals surface area contributed by atoms with Crippen molar-refractivity contribution in [3.8, 4) is 5.75 Å². The van der Waals surface area contributed by atoms with Crippen LogP contribution in [0.1, 0.15) is 62.4 Å². The van der Waals surface area contributed by atoms with Gasteiger partial charge < -0.3 is 10.1 Å². The first-order valence-corrected chi connectivity index (χ1v) is 10.00. The predicted molar refractivity (Wildman–Crippen MR) is 110 cm³/mol. The molecule has 1 aliphatic rings. The summed E-state index contributed by atoms with van der Waals surface area (Å²) in [6.07, 6.45) is 4.47. The molecular formula is C24H31NO2. The van der Waals surface area contributed by atoms with Crippen LogP contribution < -0.4 is 10.1 Å². The molecule has 1 N–H and O–H groups in total. The average molecular weight is 366 g/mol. The van der Waals surface area contributed by atoms with E-state index in [4.69, 9.17) is 4.74 Å². The summed E-state index contributed by atoms with van der Waals surface area (Å²) >= 11 is 0. The Balaban J connectivity index is 1.59. The SMILES string of the molecule is CC(C)(C)C1CCC(NC(=O)c2ccccc2OCc2ccccc2)CC1. The summed E-state index contributed by atoms with van der Waals surface area (Å²) in [5, 5.41) is 3.23. The first-order chi connectivity index (χ1) is 12.9. The predicted octanol–water partition coefficient (Wildman–Crippen LogP) is 5.60. The van der Waals surface area contributed by atoms with Crippen molar-refractivity contribution in [3.05, 3.63) is 65.7 Å². The van der Waals surface area contributed by atoms with Gasteiger partial charge in [-0.3, -0.25) is 4.79 Å². The minimum Gasteiger partial charge on any atom is -0.488 e. The van der Waals surface area contributed by atoms with Crippen LogP contribution >= 0.6 is 0 Å². The minimum absolute atomic E-state index is 0.0297. The largest absolute Gasteiger partial charge is 0.488 e. The maximum Gasteiger partial charge on any atom is 0.255 e. The molecule has 2 aromatic carbocycles. The molecule has 144 valence electrons. The lowest BCUT2D eigenvalue weighted by Crippen LogP contribution is -2.39. The van der Waals surface area contributed by atoms with E-state index in [1.54, 1.807) is 0 Å². The number of carbonyl (C=O) groups excluding carboxylic acids is 1. The zero-order valence-electron chi connectivity index (χ0n) is 16.7. The van der Waals surface area contributed by atoms with Crippen LogP contribution in [0.25, 0.3) is 0 Å². The minimum atomic E-state index is -0.0297. The van der Waals surface area contributed by atoms with Gasteiger partial charge in [0, 0.05) is 6.04 Å². The van der Waals surface area contributed by atoms with Gasteiger partial charge in [-0.1, -0.05) is 63.2 Å². The highest BCUT2D eigenvalue weighted by molar-refractivity contribution is 5.97. The molecule has 3 rings (SSSR count). The molecule has 0 heterocycles. The van der Waals surface area contributed by atoms with Crippen LogP contribution in [0.3, 0.4) is 0 Å². The maximum absolute atomic E-state index is 12.8. The Morgan fingerprint density at radius 2 is 1.59 bits per heavy atom. The lowest BCUT2D eigenvalue weighted by molar-refractivity contribution is 0.0899. The van der Waals surface area contributed by atoms with Gasteiger partial charge in [0.25, 0.3) is 5.91 Å². The Labute approximate surface area is 163 Å². The number of amides is 1. The number of para-hydroxylation sites is 1. The van der Waals surface area contributed by atoms with Gasteiger partial charge in [-0.15, -0.1) is 0 Å². The third-order valence-electron chi connectivity index (χ3n) is 5.66. The maximum atomic E-state index is 12.8. The lowest BCUT2D eigenvalue weighted by Gasteiger charge is -2.37. The Hall–Kier alpha value is -2.29. The molecule has 1 fully saturated rings. The smallest absolute Gasteiger partial charge is 0.255 e. The molecule has 0 atom stereocenters. The van der Waals surface area contributed by atoms with Crippen LogP contribution in [0.4, 0.5) is 0 Å². The molecule has 0 aromatic heterocycles. The molecule has 3 heteroatoms. The van der Waals surface area contributed by atoms with E-state index in [1.807, 2.05) is 54.6 Å². The van der Waals surface area contributed by atoms with Crippen molar-refractivity contribution < 1.29 is 9.53 Å². The zero-order chi connectivity index (χ0) is 19.3. The molecule has 0 saturated heterocycles. The van der Waals surface area contributed by atoms with Crippen molar-refractivity contribution in [2.45, 2.75) is 59.1 Å². The second kappa shape index (κ2) is 8.60. The molecule has 0 bridgehead atoms. The van der Waals surface area contributed by atoms with Gasteiger partial charge in [0.2, 0.25) is 0 Å². The van der Waals surface area contributed by atoms with Crippen molar-refractivity contribution in [3.63, 3.8) is 0 Å². The molecule has 0 spiro atoms. The van der Waals surface area contributed by atoms with Gasteiger partial charge in [0.15, 0.2) is 0 Å². The second-order valence-electron chi connectivity index (χ2n) is 8.66. The Morgan fingerprint density at radius 1 is 0.963 bits per heavy atom. The highest BCUT2D eigenvalue weighted by Crippen LogP contribution is 2.37. The summed E-state index contributed by atoms with van der Waals surface area (Å²) in [5.74, 6) is 1.35. The number of hydrogen-bond acceptors (Lipinski definition) is 2. The number of carbonyl (C=O) groups is 1. The summed E-state index contributed by atoms with van der Waals surface area (Å²) < 4.78 is 5.93. The highest BCUT2D eigenvalue weighted by atomic mass is 16.5. The second-order valence-corrected chi connectivity index (χ2v) is 8.66. The van der Waals surface area contributed by atoms with Crippen molar-refractivity contribution in [2.75, 3.05) is 0 Å². The van der Waals surface area contributed by atoms with Crippen molar-refractivity contribution in [2.24, 2.45) is 11.3 Å². The van der Waals surface area contributed by atoms with E-state index >= 15 is 0 Å². The average Bonchev–Trinajstić information content (AvgIpc) is 2.67. The Morgan fingerprint density at radius 3 is 2.26 bits per heavy atom. The summed E-state index contributed by atoms with van der Waals surface area (Å²) in [4.78, 5) is 12.8. The van der Waals surface area contributed by atoms with Gasteiger partial charge >= 0.3 is 0 Å². The molecule has 1 aliphatic carbocycles. The van der Waals surface area contributed by atoms with Gasteiger partial charge in [-0.2, -0.15) is 0 Å². The van der Waals surface area contributed by atoms with Crippen LogP contribution in [0.2, 0.25) is 0 Å². The summed E-state index contributed by atoms with van der Waals surface area (Å²) in [7, 11) is 0. The van der Waals surface area contributed by atoms with E-state index in [1.165, 1.54) is 12.8 Å². The molecule has 0 unspecified atom stereocenters. The molecule has 27 heavy (non-hydrogen) atoms. The van der Waals surface area contributed by atoms with E-state index < -0.39 is 0 Å². The number of rotatable bonds is 5. The highest BCUT2D eigenvalue weighted by Gasteiger charge is 2.30. The molecule has 0 radical (unpaired) electrons.